The minimum Gasteiger partial charge on any atom is -0.473 e. The highest BCUT2D eigenvalue weighted by Crippen LogP contribution is 2.31. The lowest BCUT2D eigenvalue weighted by Gasteiger charge is -2.17. The summed E-state index contributed by atoms with van der Waals surface area (Å²) in [5, 5.41) is 2.56. The van der Waals surface area contributed by atoms with Gasteiger partial charge in [-0.2, -0.15) is 13.2 Å². The first-order valence-corrected chi connectivity index (χ1v) is 11.9. The monoisotopic (exact) mass is 543 g/mol. The first kappa shape index (κ1) is 27.8. The average Bonchev–Trinajstić information content (AvgIpc) is 2.85. The Balaban J connectivity index is 1.75. The summed E-state index contributed by atoms with van der Waals surface area (Å²) in [7, 11) is -1.87. The quantitative estimate of drug-likeness (QED) is 0.310. The minimum atomic E-state index is -4.73. The molecule has 0 spiro atoms. The van der Waals surface area contributed by atoms with Gasteiger partial charge >= 0.3 is 6.18 Å². The molecule has 0 aliphatic rings. The predicted molar refractivity (Wildman–Crippen MR) is 125 cm³/mol. The molecule has 1 unspecified atom stereocenters. The zero-order chi connectivity index (χ0) is 27.3. The minimum absolute atomic E-state index is 0.151. The Labute approximate surface area is 211 Å². The number of carbonyl (C=O) groups is 1. The molecule has 1 N–H and O–H groups in total. The van der Waals surface area contributed by atoms with Gasteiger partial charge in [0.25, 0.3) is 0 Å². The third kappa shape index (κ3) is 7.15. The van der Waals surface area contributed by atoms with Gasteiger partial charge in [0.15, 0.2) is 0 Å². The van der Waals surface area contributed by atoms with Crippen LogP contribution in [0.25, 0.3) is 0 Å². The van der Waals surface area contributed by atoms with Gasteiger partial charge in [-0.05, 0) is 54.4 Å². The zero-order valence-electron chi connectivity index (χ0n) is 19.6. The molecule has 37 heavy (non-hydrogen) atoms. The number of nitrogens with one attached hydrogen (secondary N) is 1. The van der Waals surface area contributed by atoms with E-state index in [1.54, 1.807) is 0 Å². The number of pyridine rings is 1. The zero-order valence-corrected chi connectivity index (χ0v) is 20.4. The Hall–Kier alpha value is -3.74. The van der Waals surface area contributed by atoms with Crippen LogP contribution in [0.4, 0.5) is 27.6 Å². The number of nitrogens with zero attached hydrogens (tertiary/aromatic N) is 2. The van der Waals surface area contributed by atoms with Gasteiger partial charge in [-0.1, -0.05) is 18.2 Å². The molecular formula is C24H22F5N3O4S. The van der Waals surface area contributed by atoms with Crippen LogP contribution in [0.2, 0.25) is 0 Å². The fourth-order valence-corrected chi connectivity index (χ4v) is 3.59. The topological polar surface area (TPSA) is 88.6 Å². The van der Waals surface area contributed by atoms with Crippen LogP contribution in [-0.4, -0.2) is 26.4 Å². The van der Waals surface area contributed by atoms with Crippen molar-refractivity contribution in [1.82, 2.24) is 10.3 Å². The Morgan fingerprint density at radius 2 is 1.76 bits per heavy atom. The maximum absolute atomic E-state index is 14.4. The van der Waals surface area contributed by atoms with Crippen molar-refractivity contribution in [3.63, 3.8) is 0 Å². The van der Waals surface area contributed by atoms with Gasteiger partial charge in [-0.15, -0.1) is 0 Å². The van der Waals surface area contributed by atoms with Crippen LogP contribution in [0.3, 0.4) is 0 Å². The highest BCUT2D eigenvalue weighted by atomic mass is 32.2. The number of aromatic nitrogens is 1. The summed E-state index contributed by atoms with van der Waals surface area (Å²) in [5.41, 5.74) is -0.483. The van der Waals surface area contributed by atoms with Crippen molar-refractivity contribution in [1.29, 1.82) is 0 Å². The Morgan fingerprint density at radius 1 is 1.08 bits per heavy atom. The number of hydrogen-bond acceptors (Lipinski definition) is 5. The van der Waals surface area contributed by atoms with Crippen LogP contribution in [0.1, 0.15) is 35.2 Å². The molecule has 1 aromatic heterocycles. The molecule has 1 heterocycles. The third-order valence-electron chi connectivity index (χ3n) is 5.43. The van der Waals surface area contributed by atoms with Crippen molar-refractivity contribution in [2.45, 2.75) is 32.2 Å². The molecule has 2 aromatic carbocycles. The summed E-state index contributed by atoms with van der Waals surface area (Å²) >= 11 is 0. The number of benzene rings is 2. The molecule has 0 aliphatic carbocycles. The molecule has 0 saturated carbocycles. The van der Waals surface area contributed by atoms with E-state index in [-0.39, 0.29) is 35.8 Å². The summed E-state index contributed by atoms with van der Waals surface area (Å²) in [6.07, 6.45) is -4.73. The number of anilines is 1. The van der Waals surface area contributed by atoms with Crippen LogP contribution in [0.15, 0.2) is 54.6 Å². The number of amides is 1. The van der Waals surface area contributed by atoms with Crippen molar-refractivity contribution < 1.29 is 39.9 Å². The summed E-state index contributed by atoms with van der Waals surface area (Å²) in [6, 6.07) is 10.7. The summed E-state index contributed by atoms with van der Waals surface area (Å²) in [6.45, 7) is 1.05. The van der Waals surface area contributed by atoms with E-state index in [1.165, 1.54) is 50.4 Å². The van der Waals surface area contributed by atoms with Gasteiger partial charge in [0.05, 0.1) is 11.6 Å². The number of ether oxygens (including phenoxy) is 1. The molecule has 1 atom stereocenters. The first-order chi connectivity index (χ1) is 17.4. The molecule has 3 aromatic rings. The molecule has 0 aliphatic heterocycles. The Morgan fingerprint density at radius 3 is 2.35 bits per heavy atom. The van der Waals surface area contributed by atoms with E-state index in [1.807, 2.05) is 0 Å². The van der Waals surface area contributed by atoms with Crippen LogP contribution in [0.5, 0.6) is 5.88 Å². The fraction of sp³-hybridized carbons (Fsp3) is 0.250. The Bertz CT molecular complexity index is 1340. The lowest BCUT2D eigenvalue weighted by Crippen LogP contribution is -2.28. The lowest BCUT2D eigenvalue weighted by molar-refractivity contribution is -0.141. The second-order valence-corrected chi connectivity index (χ2v) is 9.06. The van der Waals surface area contributed by atoms with Crippen LogP contribution >= 0.6 is 0 Å². The van der Waals surface area contributed by atoms with Gasteiger partial charge in [0, 0.05) is 19.2 Å². The maximum atomic E-state index is 14.4. The molecule has 3 rings (SSSR count). The molecule has 0 bridgehead atoms. The second-order valence-electron chi connectivity index (χ2n) is 7.99. The van der Waals surface area contributed by atoms with E-state index in [0.717, 1.165) is 22.5 Å². The maximum Gasteiger partial charge on any atom is 0.433 e. The van der Waals surface area contributed by atoms with E-state index in [0.29, 0.717) is 5.56 Å². The molecular weight excluding hydrogens is 521 g/mol. The van der Waals surface area contributed by atoms with Crippen molar-refractivity contribution in [3.05, 3.63) is 88.6 Å². The highest BCUT2D eigenvalue weighted by Gasteiger charge is 2.33. The van der Waals surface area contributed by atoms with Crippen molar-refractivity contribution in [3.8, 4) is 5.88 Å². The molecule has 7 nitrogen and oxygen atoms in total. The summed E-state index contributed by atoms with van der Waals surface area (Å²) in [4.78, 5) is 16.2. The third-order valence-corrected chi connectivity index (χ3v) is 6.14. The van der Waals surface area contributed by atoms with Crippen LogP contribution < -0.4 is 14.4 Å². The normalized spacial score (nSPS) is 12.3. The van der Waals surface area contributed by atoms with E-state index in [2.05, 4.69) is 10.3 Å². The van der Waals surface area contributed by atoms with Crippen molar-refractivity contribution in [2.75, 3.05) is 11.4 Å². The molecule has 13 heteroatoms. The van der Waals surface area contributed by atoms with E-state index < -0.39 is 46.2 Å². The number of rotatable bonds is 9. The molecule has 0 saturated heterocycles. The molecule has 1 amide bonds. The van der Waals surface area contributed by atoms with E-state index >= 15 is 0 Å². The van der Waals surface area contributed by atoms with Gasteiger partial charge in [-0.3, -0.25) is 9.10 Å². The average molecular weight is 544 g/mol. The number of thiol groups is 1. The number of halogens is 5. The smallest absolute Gasteiger partial charge is 0.433 e. The lowest BCUT2D eigenvalue weighted by atomic mass is 9.99. The van der Waals surface area contributed by atoms with Crippen LogP contribution in [-0.2, 0) is 35.0 Å². The second kappa shape index (κ2) is 11.5. The summed E-state index contributed by atoms with van der Waals surface area (Å²) in [5.74, 6) is -3.14. The van der Waals surface area contributed by atoms with Crippen LogP contribution in [0, 0.1) is 11.6 Å². The number of carbonyl (C=O) groups excluding carboxylic acids is 1. The molecule has 198 valence electrons. The number of hydrogen-bond donors (Lipinski definition) is 2. The number of alkyl halides is 3. The standard InChI is InChI=1S/C24H22F5N3O4S/c1-14(16-5-9-20(19(26)11-16)32(2)37(34)35)22(33)30-12-17-6-10-21(24(27,28)29)31-23(17)36-13-15-3-7-18(25)8-4-15/h3-11,14,37H,12-13H2,1-2H3,(H,30,33). The first-order valence-electron chi connectivity index (χ1n) is 10.8. The SMILES string of the molecule is CC(C(=O)NCc1ccc(C(F)(F)F)nc1OCc1ccc(F)cc1)c1ccc(N(C)[SH](=O)=O)c(F)c1. The van der Waals surface area contributed by atoms with E-state index in [9.17, 15) is 35.2 Å². The van der Waals surface area contributed by atoms with Gasteiger partial charge in [0.2, 0.25) is 22.7 Å². The largest absolute Gasteiger partial charge is 0.473 e. The molecule has 0 radical (unpaired) electrons. The van der Waals surface area contributed by atoms with Gasteiger partial charge < -0.3 is 10.1 Å². The van der Waals surface area contributed by atoms with Crippen molar-refractivity contribution >= 4 is 22.5 Å². The van der Waals surface area contributed by atoms with Gasteiger partial charge in [-0.25, -0.2) is 22.2 Å². The van der Waals surface area contributed by atoms with Crippen molar-refractivity contribution in [2.24, 2.45) is 0 Å². The fourth-order valence-electron chi connectivity index (χ4n) is 3.25. The Kier molecular flexibility index (Phi) is 8.69. The molecule has 0 fully saturated rings. The van der Waals surface area contributed by atoms with Gasteiger partial charge in [0.1, 0.15) is 23.9 Å². The van der Waals surface area contributed by atoms with E-state index in [4.69, 9.17) is 4.74 Å². The highest BCUT2D eigenvalue weighted by molar-refractivity contribution is 7.74. The summed E-state index contributed by atoms with van der Waals surface area (Å²) < 4.78 is 95.4. The predicted octanol–water partition coefficient (Wildman–Crippen LogP) is 4.34.